The highest BCUT2D eigenvalue weighted by Crippen LogP contribution is 2.18. The number of aliphatic hydroxyl groups excluding tert-OH is 1. The average Bonchev–Trinajstić information content (AvgIpc) is 3.01. The van der Waals surface area contributed by atoms with Gasteiger partial charge in [-0.05, 0) is 51.7 Å². The summed E-state index contributed by atoms with van der Waals surface area (Å²) in [5.41, 5.74) is 0. The van der Waals surface area contributed by atoms with Crippen molar-refractivity contribution >= 4 is 5.97 Å². The lowest BCUT2D eigenvalue weighted by Crippen LogP contribution is -2.38. The zero-order chi connectivity index (χ0) is 32.4. The number of carbonyl (C=O) groups is 1. The Labute approximate surface area is 276 Å². The Morgan fingerprint density at radius 1 is 0.432 bits per heavy atom. The third-order valence-electron chi connectivity index (χ3n) is 9.59. The van der Waals surface area contributed by atoms with Gasteiger partial charge in [-0.15, -0.1) is 0 Å². The molecule has 0 amide bonds. The summed E-state index contributed by atoms with van der Waals surface area (Å²) in [6.45, 7) is 13.2. The van der Waals surface area contributed by atoms with Crippen LogP contribution >= 0.6 is 0 Å². The minimum absolute atomic E-state index is 0.168. The largest absolute Gasteiger partial charge is 0.481 e. The lowest BCUT2D eigenvalue weighted by Gasteiger charge is -2.27. The summed E-state index contributed by atoms with van der Waals surface area (Å²) in [5.74, 6) is -0.770. The molecule has 0 rings (SSSR count). The van der Waals surface area contributed by atoms with Crippen LogP contribution in [0.1, 0.15) is 194 Å². The second kappa shape index (κ2) is 35.2. The van der Waals surface area contributed by atoms with Crippen LogP contribution in [0.25, 0.3) is 0 Å². The second-order valence-electron chi connectivity index (χ2n) is 13.8. The fourth-order valence-corrected chi connectivity index (χ4v) is 6.50. The van der Waals surface area contributed by atoms with E-state index in [1.165, 1.54) is 128 Å². The van der Waals surface area contributed by atoms with E-state index < -0.39 is 5.97 Å². The van der Waals surface area contributed by atoms with Crippen molar-refractivity contribution in [3.8, 4) is 0 Å². The number of hydrogen-bond acceptors (Lipinski definition) is 4. The van der Waals surface area contributed by atoms with E-state index in [4.69, 9.17) is 0 Å². The van der Waals surface area contributed by atoms with Crippen molar-refractivity contribution in [3.05, 3.63) is 0 Å². The predicted molar refractivity (Wildman–Crippen MR) is 193 cm³/mol. The fraction of sp³-hybridized carbons (Fsp3) is 0.974. The number of hydrogen-bond donors (Lipinski definition) is 2. The van der Waals surface area contributed by atoms with Gasteiger partial charge < -0.3 is 15.1 Å². The Hall–Kier alpha value is -0.650. The molecule has 5 heteroatoms. The zero-order valence-corrected chi connectivity index (χ0v) is 30.3. The SMILES string of the molecule is CCCCCCCCCCCCN(CCO)CCN(CCCCCCCCCCCC)CCCCC(CCCCC)C(=O)O. The smallest absolute Gasteiger partial charge is 0.306 e. The summed E-state index contributed by atoms with van der Waals surface area (Å²) in [5, 5.41) is 19.4. The minimum atomic E-state index is -0.602. The Morgan fingerprint density at radius 3 is 1.09 bits per heavy atom. The van der Waals surface area contributed by atoms with Gasteiger partial charge in [-0.3, -0.25) is 9.69 Å². The highest BCUT2D eigenvalue weighted by atomic mass is 16.4. The van der Waals surface area contributed by atoms with E-state index in [0.717, 1.165) is 84.2 Å². The van der Waals surface area contributed by atoms with Crippen molar-refractivity contribution in [2.45, 2.75) is 194 Å². The first-order valence-corrected chi connectivity index (χ1v) is 19.9. The molecule has 0 radical (unpaired) electrons. The molecular formula is C39H80N2O3. The Morgan fingerprint density at radius 2 is 0.727 bits per heavy atom. The monoisotopic (exact) mass is 625 g/mol. The van der Waals surface area contributed by atoms with Gasteiger partial charge in [-0.25, -0.2) is 0 Å². The van der Waals surface area contributed by atoms with Crippen LogP contribution in [0.5, 0.6) is 0 Å². The lowest BCUT2D eigenvalue weighted by atomic mass is 9.95. The summed E-state index contributed by atoms with van der Waals surface area (Å²) < 4.78 is 0. The van der Waals surface area contributed by atoms with Crippen LogP contribution in [0.15, 0.2) is 0 Å². The summed E-state index contributed by atoms with van der Waals surface area (Å²) >= 11 is 0. The van der Waals surface area contributed by atoms with E-state index in [0.29, 0.717) is 0 Å². The van der Waals surface area contributed by atoms with Crippen LogP contribution in [-0.2, 0) is 4.79 Å². The number of rotatable bonds is 37. The maximum Gasteiger partial charge on any atom is 0.306 e. The zero-order valence-electron chi connectivity index (χ0n) is 30.3. The normalized spacial score (nSPS) is 12.5. The molecular weight excluding hydrogens is 544 g/mol. The van der Waals surface area contributed by atoms with Crippen molar-refractivity contribution in [1.82, 2.24) is 9.80 Å². The fourth-order valence-electron chi connectivity index (χ4n) is 6.50. The molecule has 0 aliphatic carbocycles. The van der Waals surface area contributed by atoms with Crippen molar-refractivity contribution in [2.75, 3.05) is 45.9 Å². The van der Waals surface area contributed by atoms with Crippen LogP contribution < -0.4 is 0 Å². The molecule has 0 saturated heterocycles. The van der Waals surface area contributed by atoms with Crippen LogP contribution in [-0.4, -0.2) is 71.9 Å². The third kappa shape index (κ3) is 30.0. The first kappa shape index (κ1) is 43.4. The summed E-state index contributed by atoms with van der Waals surface area (Å²) in [6.07, 6.45) is 34.3. The van der Waals surface area contributed by atoms with Crippen molar-refractivity contribution in [2.24, 2.45) is 5.92 Å². The Balaban J connectivity index is 4.50. The molecule has 0 saturated carbocycles. The lowest BCUT2D eigenvalue weighted by molar-refractivity contribution is -0.142. The number of carboxylic acid groups (broad SMARTS) is 1. The first-order chi connectivity index (χ1) is 21.6. The summed E-state index contributed by atoms with van der Waals surface area (Å²) in [7, 11) is 0. The summed E-state index contributed by atoms with van der Waals surface area (Å²) in [6, 6.07) is 0. The van der Waals surface area contributed by atoms with Gasteiger partial charge in [0, 0.05) is 19.6 Å². The third-order valence-corrected chi connectivity index (χ3v) is 9.59. The van der Waals surface area contributed by atoms with Gasteiger partial charge in [0.25, 0.3) is 0 Å². The van der Waals surface area contributed by atoms with E-state index >= 15 is 0 Å². The van der Waals surface area contributed by atoms with Crippen LogP contribution in [0.4, 0.5) is 0 Å². The molecule has 0 heterocycles. The van der Waals surface area contributed by atoms with E-state index in [-0.39, 0.29) is 12.5 Å². The topological polar surface area (TPSA) is 64.0 Å². The molecule has 44 heavy (non-hydrogen) atoms. The van der Waals surface area contributed by atoms with Crippen LogP contribution in [0.3, 0.4) is 0 Å². The van der Waals surface area contributed by atoms with Crippen molar-refractivity contribution in [3.63, 3.8) is 0 Å². The van der Waals surface area contributed by atoms with Crippen LogP contribution in [0, 0.1) is 5.92 Å². The molecule has 0 aliphatic heterocycles. The Kier molecular flexibility index (Phi) is 34.7. The van der Waals surface area contributed by atoms with E-state index in [2.05, 4.69) is 30.6 Å². The molecule has 2 N–H and O–H groups in total. The molecule has 1 unspecified atom stereocenters. The molecule has 0 aromatic heterocycles. The molecule has 5 nitrogen and oxygen atoms in total. The summed E-state index contributed by atoms with van der Waals surface area (Å²) in [4.78, 5) is 16.9. The van der Waals surface area contributed by atoms with Crippen molar-refractivity contribution < 1.29 is 15.0 Å². The maximum atomic E-state index is 11.7. The quantitative estimate of drug-likeness (QED) is 0.0673. The van der Waals surface area contributed by atoms with E-state index in [1.54, 1.807) is 0 Å². The number of carboxylic acids is 1. The molecule has 0 fully saturated rings. The van der Waals surface area contributed by atoms with Gasteiger partial charge in [-0.1, -0.05) is 162 Å². The van der Waals surface area contributed by atoms with Crippen molar-refractivity contribution in [1.29, 1.82) is 0 Å². The van der Waals surface area contributed by atoms with Gasteiger partial charge in [0.15, 0.2) is 0 Å². The molecule has 0 spiro atoms. The standard InChI is InChI=1S/C39H80N2O3/c1-4-7-10-12-14-16-18-20-22-26-31-40(33-28-25-30-38(39(43)44)29-24-9-6-3)34-35-41(36-37-42)32-27-23-21-19-17-15-13-11-8-5-2/h38,42H,4-37H2,1-3H3,(H,43,44). The average molecular weight is 625 g/mol. The van der Waals surface area contributed by atoms with E-state index in [9.17, 15) is 15.0 Å². The first-order valence-electron chi connectivity index (χ1n) is 19.9. The second-order valence-corrected chi connectivity index (χ2v) is 13.8. The maximum absolute atomic E-state index is 11.7. The van der Waals surface area contributed by atoms with Crippen LogP contribution in [0.2, 0.25) is 0 Å². The van der Waals surface area contributed by atoms with E-state index in [1.807, 2.05) is 0 Å². The van der Waals surface area contributed by atoms with Gasteiger partial charge >= 0.3 is 5.97 Å². The number of aliphatic carboxylic acids is 1. The number of nitrogens with zero attached hydrogens (tertiary/aromatic N) is 2. The molecule has 0 aromatic rings. The van der Waals surface area contributed by atoms with Gasteiger partial charge in [0.05, 0.1) is 12.5 Å². The highest BCUT2D eigenvalue weighted by molar-refractivity contribution is 5.69. The number of unbranched alkanes of at least 4 members (excludes halogenated alkanes) is 21. The molecule has 0 aromatic carbocycles. The van der Waals surface area contributed by atoms with Gasteiger partial charge in [-0.2, -0.15) is 0 Å². The highest BCUT2D eigenvalue weighted by Gasteiger charge is 2.17. The molecule has 0 bridgehead atoms. The van der Waals surface area contributed by atoms with Gasteiger partial charge in [0.1, 0.15) is 0 Å². The van der Waals surface area contributed by atoms with Gasteiger partial charge in [0.2, 0.25) is 0 Å². The molecule has 264 valence electrons. The molecule has 0 aliphatic rings. The predicted octanol–water partition coefficient (Wildman–Crippen LogP) is 10.9. The number of aliphatic hydroxyl groups is 1. The Bertz CT molecular complexity index is 574. The molecule has 1 atom stereocenters. The minimum Gasteiger partial charge on any atom is -0.481 e.